The number of piperazine rings is 1. The number of nitro groups is 1. The van der Waals surface area contributed by atoms with Gasteiger partial charge in [-0.1, -0.05) is 0 Å². The minimum atomic E-state index is -0.690. The summed E-state index contributed by atoms with van der Waals surface area (Å²) < 4.78 is 4.70. The smallest absolute Gasteiger partial charge is 0.340 e. The van der Waals surface area contributed by atoms with Crippen LogP contribution in [0.4, 0.5) is 22.9 Å². The highest BCUT2D eigenvalue weighted by Crippen LogP contribution is 2.26. The second-order valence-electron chi connectivity index (χ2n) is 5.78. The number of carbonyl (C=O) groups excluding carboxylic acids is 2. The number of methoxy groups -OCH3 is 1. The molecular formula is C17H17N5O5. The van der Waals surface area contributed by atoms with Gasteiger partial charge in [0, 0.05) is 25.2 Å². The van der Waals surface area contributed by atoms with Crippen LogP contribution in [0.5, 0.6) is 0 Å². The zero-order valence-electron chi connectivity index (χ0n) is 14.5. The van der Waals surface area contributed by atoms with Crippen LogP contribution in [0.25, 0.3) is 0 Å². The molecule has 1 aliphatic rings. The molecule has 1 saturated heterocycles. The molecule has 0 aliphatic carbocycles. The van der Waals surface area contributed by atoms with Gasteiger partial charge in [0.1, 0.15) is 5.82 Å². The lowest BCUT2D eigenvalue weighted by molar-refractivity contribution is -0.384. The van der Waals surface area contributed by atoms with Crippen molar-refractivity contribution in [2.75, 3.05) is 37.0 Å². The molecular weight excluding hydrogens is 354 g/mol. The normalized spacial score (nSPS) is 13.7. The van der Waals surface area contributed by atoms with Gasteiger partial charge in [0.05, 0.1) is 41.7 Å². The number of ether oxygens (including phenoxy) is 1. The number of nitro benzene ring substituents is 1. The Morgan fingerprint density at radius 2 is 2.19 bits per heavy atom. The van der Waals surface area contributed by atoms with E-state index in [4.69, 9.17) is 4.74 Å². The monoisotopic (exact) mass is 371 g/mol. The lowest BCUT2D eigenvalue weighted by Gasteiger charge is -2.27. The number of carbonyl (C=O) groups is 2. The van der Waals surface area contributed by atoms with Gasteiger partial charge in [0.25, 0.3) is 5.69 Å². The highest BCUT2D eigenvalue weighted by molar-refractivity contribution is 5.97. The first-order chi connectivity index (χ1) is 13.0. The summed E-state index contributed by atoms with van der Waals surface area (Å²) in [5.74, 6) is -0.0868. The number of benzene rings is 1. The SMILES string of the molecule is COC(=O)c1cc([N+](=O)[O-])ccc1Nc1ccc(N2CCNC(=O)C2)nc1. The number of aromatic nitrogens is 1. The average molecular weight is 371 g/mol. The van der Waals surface area contributed by atoms with Gasteiger partial charge < -0.3 is 20.3 Å². The number of non-ortho nitro benzene ring substituents is 1. The molecule has 140 valence electrons. The lowest BCUT2D eigenvalue weighted by atomic mass is 10.1. The van der Waals surface area contributed by atoms with Crippen molar-refractivity contribution in [3.05, 3.63) is 52.2 Å². The van der Waals surface area contributed by atoms with E-state index in [0.717, 1.165) is 6.07 Å². The van der Waals surface area contributed by atoms with Crippen LogP contribution in [0.3, 0.4) is 0 Å². The van der Waals surface area contributed by atoms with E-state index in [1.54, 1.807) is 18.3 Å². The summed E-state index contributed by atoms with van der Waals surface area (Å²) in [7, 11) is 1.20. The minimum Gasteiger partial charge on any atom is -0.465 e. The Morgan fingerprint density at radius 1 is 1.37 bits per heavy atom. The summed E-state index contributed by atoms with van der Waals surface area (Å²) in [6.07, 6.45) is 1.56. The maximum absolute atomic E-state index is 11.9. The van der Waals surface area contributed by atoms with Crippen LogP contribution in [0, 0.1) is 10.1 Å². The van der Waals surface area contributed by atoms with Crippen molar-refractivity contribution in [2.45, 2.75) is 0 Å². The maximum atomic E-state index is 11.9. The molecule has 0 unspecified atom stereocenters. The Morgan fingerprint density at radius 3 is 2.81 bits per heavy atom. The third-order valence-electron chi connectivity index (χ3n) is 4.01. The number of anilines is 3. The van der Waals surface area contributed by atoms with Crippen molar-refractivity contribution in [1.82, 2.24) is 10.3 Å². The van der Waals surface area contributed by atoms with Crippen molar-refractivity contribution < 1.29 is 19.2 Å². The van der Waals surface area contributed by atoms with E-state index in [1.165, 1.54) is 19.2 Å². The van der Waals surface area contributed by atoms with E-state index in [0.29, 0.717) is 30.3 Å². The van der Waals surface area contributed by atoms with E-state index >= 15 is 0 Å². The zero-order valence-corrected chi connectivity index (χ0v) is 14.5. The molecule has 10 nitrogen and oxygen atoms in total. The first-order valence-corrected chi connectivity index (χ1v) is 8.09. The van der Waals surface area contributed by atoms with Gasteiger partial charge in [-0.3, -0.25) is 14.9 Å². The fraction of sp³-hybridized carbons (Fsp3) is 0.235. The van der Waals surface area contributed by atoms with Gasteiger partial charge in [-0.15, -0.1) is 0 Å². The Balaban J connectivity index is 1.81. The first kappa shape index (κ1) is 18.1. The number of nitrogens with one attached hydrogen (secondary N) is 2. The molecule has 27 heavy (non-hydrogen) atoms. The van der Waals surface area contributed by atoms with Gasteiger partial charge in [-0.2, -0.15) is 0 Å². The van der Waals surface area contributed by atoms with Gasteiger partial charge in [-0.05, 0) is 18.2 Å². The number of amides is 1. The quantitative estimate of drug-likeness (QED) is 0.459. The van der Waals surface area contributed by atoms with Crippen molar-refractivity contribution in [1.29, 1.82) is 0 Å². The molecule has 0 radical (unpaired) electrons. The van der Waals surface area contributed by atoms with Crippen LogP contribution in [0.2, 0.25) is 0 Å². The van der Waals surface area contributed by atoms with Crippen LogP contribution in [-0.4, -0.2) is 48.5 Å². The van der Waals surface area contributed by atoms with Crippen molar-refractivity contribution >= 4 is 34.8 Å². The molecule has 0 bridgehead atoms. The zero-order chi connectivity index (χ0) is 19.4. The second kappa shape index (κ2) is 7.68. The molecule has 2 heterocycles. The summed E-state index contributed by atoms with van der Waals surface area (Å²) in [5, 5.41) is 16.7. The fourth-order valence-electron chi connectivity index (χ4n) is 2.67. The molecule has 2 N–H and O–H groups in total. The summed E-state index contributed by atoms with van der Waals surface area (Å²) in [5.41, 5.74) is 0.778. The third-order valence-corrected chi connectivity index (χ3v) is 4.01. The number of esters is 1. The summed E-state index contributed by atoms with van der Waals surface area (Å²) in [6.45, 7) is 1.47. The Hall–Kier alpha value is -3.69. The molecule has 1 amide bonds. The van der Waals surface area contributed by atoms with E-state index in [9.17, 15) is 19.7 Å². The number of hydrogen-bond donors (Lipinski definition) is 2. The minimum absolute atomic E-state index is 0.0449. The largest absolute Gasteiger partial charge is 0.465 e. The van der Waals surface area contributed by atoms with E-state index in [2.05, 4.69) is 15.6 Å². The molecule has 0 atom stereocenters. The van der Waals surface area contributed by atoms with Gasteiger partial charge >= 0.3 is 5.97 Å². The molecule has 1 aromatic carbocycles. The average Bonchev–Trinajstić information content (AvgIpc) is 2.68. The molecule has 2 aromatic rings. The lowest BCUT2D eigenvalue weighted by Crippen LogP contribution is -2.48. The van der Waals surface area contributed by atoms with Crippen LogP contribution in [0.1, 0.15) is 10.4 Å². The van der Waals surface area contributed by atoms with Gasteiger partial charge in [0.15, 0.2) is 0 Å². The molecule has 10 heteroatoms. The highest BCUT2D eigenvalue weighted by atomic mass is 16.6. The van der Waals surface area contributed by atoms with Gasteiger partial charge in [-0.25, -0.2) is 9.78 Å². The fourth-order valence-corrected chi connectivity index (χ4v) is 2.67. The second-order valence-corrected chi connectivity index (χ2v) is 5.78. The Labute approximate surface area is 154 Å². The molecule has 1 aromatic heterocycles. The standard InChI is InChI=1S/C17H17N5O5/c1-27-17(24)13-8-12(22(25)26)3-4-14(13)20-11-2-5-15(19-9-11)21-7-6-18-16(23)10-21/h2-5,8-9,20H,6-7,10H2,1H3,(H,18,23). The Bertz CT molecular complexity index is 884. The molecule has 0 saturated carbocycles. The topological polar surface area (TPSA) is 127 Å². The van der Waals surface area contributed by atoms with Crippen molar-refractivity contribution in [3.63, 3.8) is 0 Å². The molecule has 1 fully saturated rings. The predicted molar refractivity (Wildman–Crippen MR) is 97.2 cm³/mol. The number of rotatable bonds is 5. The van der Waals surface area contributed by atoms with Crippen molar-refractivity contribution in [3.8, 4) is 0 Å². The highest BCUT2D eigenvalue weighted by Gasteiger charge is 2.19. The number of nitrogens with zero attached hydrogens (tertiary/aromatic N) is 3. The van der Waals surface area contributed by atoms with E-state index < -0.39 is 10.9 Å². The van der Waals surface area contributed by atoms with Crippen LogP contribution in [0.15, 0.2) is 36.5 Å². The molecule has 1 aliphatic heterocycles. The maximum Gasteiger partial charge on any atom is 0.340 e. The summed E-state index contributed by atoms with van der Waals surface area (Å²) >= 11 is 0. The predicted octanol–water partition coefficient (Wildman–Crippen LogP) is 1.46. The Kier molecular flexibility index (Phi) is 5.15. The molecule has 0 spiro atoms. The van der Waals surface area contributed by atoms with Crippen LogP contribution in [-0.2, 0) is 9.53 Å². The summed E-state index contributed by atoms with van der Waals surface area (Å²) in [6, 6.07) is 7.39. The number of pyridine rings is 1. The van der Waals surface area contributed by atoms with E-state index in [1.807, 2.05) is 4.90 Å². The van der Waals surface area contributed by atoms with Crippen LogP contribution < -0.4 is 15.5 Å². The summed E-state index contributed by atoms with van der Waals surface area (Å²) in [4.78, 5) is 40.0. The van der Waals surface area contributed by atoms with Crippen LogP contribution >= 0.6 is 0 Å². The van der Waals surface area contributed by atoms with Crippen molar-refractivity contribution in [2.24, 2.45) is 0 Å². The molecule has 3 rings (SSSR count). The number of hydrogen-bond acceptors (Lipinski definition) is 8. The van der Waals surface area contributed by atoms with Gasteiger partial charge in [0.2, 0.25) is 5.91 Å². The third kappa shape index (κ3) is 4.11. The first-order valence-electron chi connectivity index (χ1n) is 8.09. The van der Waals surface area contributed by atoms with E-state index in [-0.39, 0.29) is 23.7 Å².